The third-order valence-corrected chi connectivity index (χ3v) is 1.62. The molecule has 0 amide bonds. The van der Waals surface area contributed by atoms with Crippen molar-refractivity contribution in [1.29, 1.82) is 0 Å². The molecule has 1 rings (SSSR count). The summed E-state index contributed by atoms with van der Waals surface area (Å²) in [6, 6.07) is 3.22. The number of nitrogens with zero attached hydrogens (tertiary/aromatic N) is 1. The fourth-order valence-electron chi connectivity index (χ4n) is 0.822. The summed E-state index contributed by atoms with van der Waals surface area (Å²) >= 11 is 0. The maximum absolute atomic E-state index is 9.20. The Kier molecular flexibility index (Phi) is 3.37. The van der Waals surface area contributed by atoms with E-state index in [9.17, 15) is 5.11 Å². The molecule has 6 N–H and O–H groups in total. The highest BCUT2D eigenvalue weighted by Crippen LogP contribution is 2.12. The fraction of sp³-hybridized carbons (Fsp3) is 0.375. The number of rotatable bonds is 4. The molecular formula is C8H13N3O3. The molecule has 14 heavy (non-hydrogen) atoms. The van der Waals surface area contributed by atoms with Crippen LogP contribution in [0.1, 0.15) is 0 Å². The molecule has 0 aromatic carbocycles. The van der Waals surface area contributed by atoms with Gasteiger partial charge < -0.3 is 14.9 Å². The van der Waals surface area contributed by atoms with E-state index in [2.05, 4.69) is 4.98 Å². The summed E-state index contributed by atoms with van der Waals surface area (Å²) in [7, 11) is 0. The average molecular weight is 199 g/mol. The summed E-state index contributed by atoms with van der Waals surface area (Å²) in [5.74, 6) is -1.50. The minimum Gasteiger partial charge on any atom is -0.456 e. The van der Waals surface area contributed by atoms with Crippen LogP contribution in [0.25, 0.3) is 0 Å². The molecule has 0 spiro atoms. The van der Waals surface area contributed by atoms with Gasteiger partial charge in [-0.2, -0.15) is 0 Å². The summed E-state index contributed by atoms with van der Waals surface area (Å²) in [6.07, 6.45) is 1.60. The Morgan fingerprint density at radius 2 is 2.29 bits per heavy atom. The van der Waals surface area contributed by atoms with Crippen molar-refractivity contribution >= 4 is 0 Å². The standard InChI is InChI=1S/C8H13N3O3/c9-8(10,7(13)5-12)14-6-2-1-3-11-4-6/h1-4,7,12-13H,5,9-10H2. The van der Waals surface area contributed by atoms with Gasteiger partial charge in [-0.05, 0) is 12.1 Å². The van der Waals surface area contributed by atoms with E-state index in [0.29, 0.717) is 5.75 Å². The van der Waals surface area contributed by atoms with E-state index in [1.807, 2.05) is 0 Å². The molecule has 1 atom stereocenters. The van der Waals surface area contributed by atoms with Crippen LogP contribution in [0.2, 0.25) is 0 Å². The number of aliphatic hydroxyl groups is 2. The van der Waals surface area contributed by atoms with Gasteiger partial charge in [0.2, 0.25) is 5.85 Å². The number of pyridine rings is 1. The number of ether oxygens (including phenoxy) is 1. The van der Waals surface area contributed by atoms with Gasteiger partial charge in [0.1, 0.15) is 11.9 Å². The van der Waals surface area contributed by atoms with Crippen molar-refractivity contribution in [2.45, 2.75) is 12.0 Å². The predicted octanol–water partition coefficient (Wildman–Crippen LogP) is -1.62. The molecule has 78 valence electrons. The number of hydrogen-bond donors (Lipinski definition) is 4. The molecule has 0 saturated heterocycles. The van der Waals surface area contributed by atoms with Crippen molar-refractivity contribution in [3.8, 4) is 5.75 Å². The van der Waals surface area contributed by atoms with E-state index >= 15 is 0 Å². The number of hydrogen-bond acceptors (Lipinski definition) is 6. The van der Waals surface area contributed by atoms with E-state index in [1.54, 1.807) is 18.3 Å². The van der Waals surface area contributed by atoms with E-state index in [-0.39, 0.29) is 0 Å². The highest BCUT2D eigenvalue weighted by atomic mass is 16.5. The largest absolute Gasteiger partial charge is 0.456 e. The first-order valence-corrected chi connectivity index (χ1v) is 4.02. The molecule has 0 bridgehead atoms. The van der Waals surface area contributed by atoms with Crippen LogP contribution in [0.4, 0.5) is 0 Å². The topological polar surface area (TPSA) is 115 Å². The zero-order chi connectivity index (χ0) is 10.6. The lowest BCUT2D eigenvalue weighted by Crippen LogP contribution is -2.64. The van der Waals surface area contributed by atoms with Crippen LogP contribution in [0.3, 0.4) is 0 Å². The highest BCUT2D eigenvalue weighted by Gasteiger charge is 2.31. The first-order chi connectivity index (χ1) is 6.56. The molecule has 0 aliphatic heterocycles. The molecule has 6 nitrogen and oxygen atoms in total. The molecule has 0 aliphatic rings. The van der Waals surface area contributed by atoms with E-state index in [4.69, 9.17) is 21.3 Å². The number of aromatic nitrogens is 1. The average Bonchev–Trinajstić information content (AvgIpc) is 2.17. The second kappa shape index (κ2) is 4.34. The van der Waals surface area contributed by atoms with Gasteiger partial charge in [-0.25, -0.2) is 0 Å². The lowest BCUT2D eigenvalue weighted by molar-refractivity contribution is -0.0699. The quantitative estimate of drug-likeness (QED) is 0.433. The Morgan fingerprint density at radius 1 is 1.57 bits per heavy atom. The summed E-state index contributed by atoms with van der Waals surface area (Å²) in [6.45, 7) is -0.576. The summed E-state index contributed by atoms with van der Waals surface area (Å²) in [4.78, 5) is 3.77. The van der Waals surface area contributed by atoms with Crippen LogP contribution < -0.4 is 16.2 Å². The number of nitrogens with two attached hydrogens (primary N) is 2. The lowest BCUT2D eigenvalue weighted by atomic mass is 10.2. The van der Waals surface area contributed by atoms with Gasteiger partial charge in [-0.15, -0.1) is 0 Å². The highest BCUT2D eigenvalue weighted by molar-refractivity contribution is 5.16. The van der Waals surface area contributed by atoms with Gasteiger partial charge in [0.15, 0.2) is 0 Å². The van der Waals surface area contributed by atoms with Crippen LogP contribution in [-0.4, -0.2) is 33.8 Å². The second-order valence-electron chi connectivity index (χ2n) is 2.84. The van der Waals surface area contributed by atoms with E-state index in [1.165, 1.54) is 6.20 Å². The normalized spacial score (nSPS) is 13.7. The Balaban J connectivity index is 2.68. The Hall–Kier alpha value is -1.21. The van der Waals surface area contributed by atoms with Crippen molar-refractivity contribution in [2.75, 3.05) is 6.61 Å². The van der Waals surface area contributed by atoms with Gasteiger partial charge >= 0.3 is 0 Å². The van der Waals surface area contributed by atoms with Crippen LogP contribution in [0.5, 0.6) is 5.75 Å². The van der Waals surface area contributed by atoms with Crippen LogP contribution in [0.15, 0.2) is 24.5 Å². The van der Waals surface area contributed by atoms with Crippen molar-refractivity contribution in [3.05, 3.63) is 24.5 Å². The first-order valence-electron chi connectivity index (χ1n) is 4.02. The molecule has 1 aromatic rings. The summed E-state index contributed by atoms with van der Waals surface area (Å²) in [5.41, 5.74) is 10.8. The zero-order valence-electron chi connectivity index (χ0n) is 7.50. The molecule has 0 radical (unpaired) electrons. The van der Waals surface area contributed by atoms with Crippen molar-refractivity contribution in [2.24, 2.45) is 11.5 Å². The Bertz CT molecular complexity index is 278. The second-order valence-corrected chi connectivity index (χ2v) is 2.84. The van der Waals surface area contributed by atoms with Gasteiger partial charge in [-0.3, -0.25) is 16.5 Å². The summed E-state index contributed by atoms with van der Waals surface area (Å²) in [5, 5.41) is 17.8. The van der Waals surface area contributed by atoms with Gasteiger partial charge in [0, 0.05) is 6.20 Å². The smallest absolute Gasteiger partial charge is 0.241 e. The summed E-state index contributed by atoms with van der Waals surface area (Å²) < 4.78 is 5.04. The molecule has 0 saturated carbocycles. The SMILES string of the molecule is NC(N)(Oc1cccnc1)C(O)CO. The minimum absolute atomic E-state index is 0.324. The maximum Gasteiger partial charge on any atom is 0.241 e. The van der Waals surface area contributed by atoms with Crippen LogP contribution in [-0.2, 0) is 0 Å². The first kappa shape index (κ1) is 10.9. The minimum atomic E-state index is -1.82. The van der Waals surface area contributed by atoms with Crippen LogP contribution in [0, 0.1) is 0 Å². The van der Waals surface area contributed by atoms with Crippen LogP contribution >= 0.6 is 0 Å². The third-order valence-electron chi connectivity index (χ3n) is 1.62. The lowest BCUT2D eigenvalue weighted by Gasteiger charge is -2.29. The maximum atomic E-state index is 9.20. The van der Waals surface area contributed by atoms with Crippen molar-refractivity contribution < 1.29 is 14.9 Å². The molecule has 6 heteroatoms. The monoisotopic (exact) mass is 199 g/mol. The van der Waals surface area contributed by atoms with Gasteiger partial charge in [0.25, 0.3) is 0 Å². The Morgan fingerprint density at radius 3 is 2.79 bits per heavy atom. The molecule has 0 fully saturated rings. The molecule has 1 heterocycles. The van der Waals surface area contributed by atoms with Crippen molar-refractivity contribution in [3.63, 3.8) is 0 Å². The van der Waals surface area contributed by atoms with E-state index in [0.717, 1.165) is 0 Å². The predicted molar refractivity (Wildman–Crippen MR) is 49.1 cm³/mol. The van der Waals surface area contributed by atoms with Crippen molar-refractivity contribution in [1.82, 2.24) is 4.98 Å². The van der Waals surface area contributed by atoms with Gasteiger partial charge in [0.05, 0.1) is 12.8 Å². The van der Waals surface area contributed by atoms with Gasteiger partial charge in [-0.1, -0.05) is 0 Å². The zero-order valence-corrected chi connectivity index (χ0v) is 7.50. The number of aliphatic hydroxyl groups excluding tert-OH is 2. The molecular weight excluding hydrogens is 186 g/mol. The van der Waals surface area contributed by atoms with E-state index < -0.39 is 18.6 Å². The third kappa shape index (κ3) is 2.64. The molecule has 1 unspecified atom stereocenters. The molecule has 0 aliphatic carbocycles. The Labute approximate surface area is 81.1 Å². The fourth-order valence-corrected chi connectivity index (χ4v) is 0.822. The molecule has 1 aromatic heterocycles.